The number of hydrogen-bond acceptors (Lipinski definition) is 3. The SMILES string of the molecule is CCCCNCC.CCc1ccc(OCc2ccccc2)c(N)c1. The molecular weight excluding hydrogens is 296 g/mol. The van der Waals surface area contributed by atoms with Crippen LogP contribution in [0.15, 0.2) is 48.5 Å². The molecule has 3 N–H and O–H groups in total. The van der Waals surface area contributed by atoms with Gasteiger partial charge in [0.05, 0.1) is 5.69 Å². The Morgan fingerprint density at radius 2 is 1.71 bits per heavy atom. The molecule has 0 unspecified atom stereocenters. The van der Waals surface area contributed by atoms with Gasteiger partial charge in [-0.15, -0.1) is 0 Å². The van der Waals surface area contributed by atoms with Crippen molar-refractivity contribution in [1.29, 1.82) is 0 Å². The van der Waals surface area contributed by atoms with Gasteiger partial charge < -0.3 is 15.8 Å². The molecule has 0 saturated heterocycles. The van der Waals surface area contributed by atoms with Crippen LogP contribution in [0.4, 0.5) is 5.69 Å². The number of hydrogen-bond donors (Lipinski definition) is 2. The third-order valence-electron chi connectivity index (χ3n) is 3.68. The Morgan fingerprint density at radius 1 is 0.958 bits per heavy atom. The van der Waals surface area contributed by atoms with E-state index in [1.54, 1.807) is 0 Å². The number of ether oxygens (including phenoxy) is 1. The lowest BCUT2D eigenvalue weighted by molar-refractivity contribution is 0.308. The minimum Gasteiger partial charge on any atom is -0.487 e. The van der Waals surface area contributed by atoms with Gasteiger partial charge in [0.15, 0.2) is 0 Å². The van der Waals surface area contributed by atoms with Crippen molar-refractivity contribution in [2.45, 2.75) is 46.6 Å². The average Bonchev–Trinajstić information content (AvgIpc) is 2.62. The van der Waals surface area contributed by atoms with Crippen molar-refractivity contribution >= 4 is 5.69 Å². The number of nitrogens with two attached hydrogens (primary N) is 1. The van der Waals surface area contributed by atoms with Gasteiger partial charge in [-0.25, -0.2) is 0 Å². The van der Waals surface area contributed by atoms with Crippen LogP contribution in [0.25, 0.3) is 0 Å². The molecule has 2 rings (SSSR count). The zero-order valence-corrected chi connectivity index (χ0v) is 15.3. The number of nitrogen functional groups attached to an aromatic ring is 1. The highest BCUT2D eigenvalue weighted by atomic mass is 16.5. The summed E-state index contributed by atoms with van der Waals surface area (Å²) in [5, 5.41) is 3.25. The molecule has 132 valence electrons. The lowest BCUT2D eigenvalue weighted by Crippen LogP contribution is -2.13. The van der Waals surface area contributed by atoms with Crippen molar-refractivity contribution < 1.29 is 4.74 Å². The average molecular weight is 328 g/mol. The molecule has 0 atom stereocenters. The van der Waals surface area contributed by atoms with E-state index in [1.165, 1.54) is 24.9 Å². The molecule has 0 heterocycles. The standard InChI is InChI=1S/C15H17NO.C6H15N/c1-2-12-8-9-15(14(16)10-12)17-11-13-6-4-3-5-7-13;1-3-5-6-7-4-2/h3-10H,2,11,16H2,1H3;7H,3-6H2,1-2H3. The highest BCUT2D eigenvalue weighted by Crippen LogP contribution is 2.23. The summed E-state index contributed by atoms with van der Waals surface area (Å²) < 4.78 is 5.70. The van der Waals surface area contributed by atoms with Crippen LogP contribution in [-0.4, -0.2) is 13.1 Å². The smallest absolute Gasteiger partial charge is 0.142 e. The lowest BCUT2D eigenvalue weighted by atomic mass is 10.1. The summed E-state index contributed by atoms with van der Waals surface area (Å²) in [6, 6.07) is 16.0. The van der Waals surface area contributed by atoms with Crippen LogP contribution in [0.5, 0.6) is 5.75 Å². The van der Waals surface area contributed by atoms with Gasteiger partial charge in [-0.05, 0) is 49.2 Å². The maximum absolute atomic E-state index is 5.94. The molecule has 0 amide bonds. The minimum atomic E-state index is 0.552. The molecule has 0 spiro atoms. The van der Waals surface area contributed by atoms with E-state index in [0.717, 1.165) is 24.3 Å². The third kappa shape index (κ3) is 8.02. The second-order valence-corrected chi connectivity index (χ2v) is 5.71. The molecule has 3 nitrogen and oxygen atoms in total. The van der Waals surface area contributed by atoms with Gasteiger partial charge in [0.25, 0.3) is 0 Å². The minimum absolute atomic E-state index is 0.552. The molecule has 2 aromatic rings. The molecule has 0 saturated carbocycles. The monoisotopic (exact) mass is 328 g/mol. The Labute approximate surface area is 147 Å². The van der Waals surface area contributed by atoms with E-state index in [2.05, 4.69) is 32.2 Å². The quantitative estimate of drug-likeness (QED) is 0.540. The Kier molecular flexibility index (Phi) is 10.4. The van der Waals surface area contributed by atoms with E-state index in [4.69, 9.17) is 10.5 Å². The van der Waals surface area contributed by atoms with Crippen molar-refractivity contribution in [3.63, 3.8) is 0 Å². The van der Waals surface area contributed by atoms with Gasteiger partial charge in [-0.1, -0.05) is 63.6 Å². The third-order valence-corrected chi connectivity index (χ3v) is 3.68. The van der Waals surface area contributed by atoms with E-state index < -0.39 is 0 Å². The van der Waals surface area contributed by atoms with Crippen LogP contribution >= 0.6 is 0 Å². The van der Waals surface area contributed by atoms with Crippen molar-refractivity contribution in [3.05, 3.63) is 59.7 Å². The molecule has 0 aliphatic carbocycles. The molecule has 0 fully saturated rings. The Morgan fingerprint density at radius 3 is 2.29 bits per heavy atom. The van der Waals surface area contributed by atoms with Crippen LogP contribution in [-0.2, 0) is 13.0 Å². The molecule has 0 radical (unpaired) electrons. The maximum Gasteiger partial charge on any atom is 0.142 e. The van der Waals surface area contributed by atoms with Crippen LogP contribution in [0, 0.1) is 0 Å². The second kappa shape index (κ2) is 12.4. The number of nitrogens with one attached hydrogen (secondary N) is 1. The van der Waals surface area contributed by atoms with Crippen molar-refractivity contribution in [2.24, 2.45) is 0 Å². The predicted octanol–water partition coefficient (Wildman–Crippen LogP) is 4.81. The fraction of sp³-hybridized carbons (Fsp3) is 0.429. The number of aryl methyl sites for hydroxylation is 1. The van der Waals surface area contributed by atoms with Crippen molar-refractivity contribution in [2.75, 3.05) is 18.8 Å². The predicted molar refractivity (Wildman–Crippen MR) is 104 cm³/mol. The van der Waals surface area contributed by atoms with Gasteiger partial charge in [0.1, 0.15) is 12.4 Å². The molecule has 2 aromatic carbocycles. The zero-order valence-electron chi connectivity index (χ0n) is 15.3. The topological polar surface area (TPSA) is 47.3 Å². The highest BCUT2D eigenvalue weighted by molar-refractivity contribution is 5.54. The summed E-state index contributed by atoms with van der Waals surface area (Å²) in [4.78, 5) is 0. The molecular formula is C21H32N2O. The van der Waals surface area contributed by atoms with Crippen LogP contribution in [0.1, 0.15) is 44.7 Å². The molecule has 0 aromatic heterocycles. The molecule has 0 aliphatic heterocycles. The van der Waals surface area contributed by atoms with Crippen LogP contribution < -0.4 is 15.8 Å². The Hall–Kier alpha value is -2.00. The first-order chi connectivity index (χ1) is 11.7. The van der Waals surface area contributed by atoms with E-state index in [0.29, 0.717) is 12.3 Å². The Balaban J connectivity index is 0.000000351. The first-order valence-corrected chi connectivity index (χ1v) is 8.97. The van der Waals surface area contributed by atoms with E-state index in [9.17, 15) is 0 Å². The lowest BCUT2D eigenvalue weighted by Gasteiger charge is -2.10. The summed E-state index contributed by atoms with van der Waals surface area (Å²) in [6.45, 7) is 9.30. The van der Waals surface area contributed by atoms with Crippen LogP contribution in [0.3, 0.4) is 0 Å². The Bertz CT molecular complexity index is 551. The highest BCUT2D eigenvalue weighted by Gasteiger charge is 2.01. The van der Waals surface area contributed by atoms with E-state index in [-0.39, 0.29) is 0 Å². The number of rotatable bonds is 8. The van der Waals surface area contributed by atoms with Crippen molar-refractivity contribution in [3.8, 4) is 5.75 Å². The molecule has 0 bridgehead atoms. The first kappa shape index (κ1) is 20.0. The fourth-order valence-corrected chi connectivity index (χ4v) is 2.16. The van der Waals surface area contributed by atoms with Gasteiger partial charge >= 0.3 is 0 Å². The molecule has 24 heavy (non-hydrogen) atoms. The van der Waals surface area contributed by atoms with Crippen molar-refractivity contribution in [1.82, 2.24) is 5.32 Å². The fourth-order valence-electron chi connectivity index (χ4n) is 2.16. The zero-order chi connectivity index (χ0) is 17.6. The summed E-state index contributed by atoms with van der Waals surface area (Å²) in [6.07, 6.45) is 3.60. The summed E-state index contributed by atoms with van der Waals surface area (Å²) >= 11 is 0. The number of anilines is 1. The first-order valence-electron chi connectivity index (χ1n) is 8.97. The molecule has 0 aliphatic rings. The largest absolute Gasteiger partial charge is 0.487 e. The molecule has 3 heteroatoms. The van der Waals surface area contributed by atoms with E-state index in [1.807, 2.05) is 42.5 Å². The number of benzene rings is 2. The number of unbranched alkanes of at least 4 members (excludes halogenated alkanes) is 1. The van der Waals surface area contributed by atoms with Gasteiger partial charge in [0, 0.05) is 0 Å². The van der Waals surface area contributed by atoms with Gasteiger partial charge in [-0.3, -0.25) is 0 Å². The van der Waals surface area contributed by atoms with E-state index >= 15 is 0 Å². The van der Waals surface area contributed by atoms with Gasteiger partial charge in [0.2, 0.25) is 0 Å². The normalized spacial score (nSPS) is 9.96. The maximum atomic E-state index is 5.94. The summed E-state index contributed by atoms with van der Waals surface area (Å²) in [5.74, 6) is 0.756. The van der Waals surface area contributed by atoms with Gasteiger partial charge in [-0.2, -0.15) is 0 Å². The summed E-state index contributed by atoms with van der Waals surface area (Å²) in [5.41, 5.74) is 9.02. The van der Waals surface area contributed by atoms with Crippen LogP contribution in [0.2, 0.25) is 0 Å². The second-order valence-electron chi connectivity index (χ2n) is 5.71. The summed E-state index contributed by atoms with van der Waals surface area (Å²) in [7, 11) is 0.